The molecule has 0 aliphatic carbocycles. The highest BCUT2D eigenvalue weighted by Crippen LogP contribution is 2.21. The maximum Gasteiger partial charge on any atom is 0.340 e. The first-order valence-corrected chi connectivity index (χ1v) is 8.07. The number of hydrogen-bond donors (Lipinski definition) is 2. The van der Waals surface area contributed by atoms with Crippen molar-refractivity contribution in [3.63, 3.8) is 0 Å². The molecule has 0 fully saturated rings. The fraction of sp³-hybridized carbons (Fsp3) is 0.462. The van der Waals surface area contributed by atoms with E-state index in [4.69, 9.17) is 5.11 Å². The van der Waals surface area contributed by atoms with E-state index in [1.165, 1.54) is 16.4 Å². The number of halogens is 1. The van der Waals surface area contributed by atoms with Crippen LogP contribution in [0.25, 0.3) is 0 Å². The summed E-state index contributed by atoms with van der Waals surface area (Å²) in [5.41, 5.74) is -0.964. The van der Waals surface area contributed by atoms with Gasteiger partial charge in [0.25, 0.3) is 0 Å². The van der Waals surface area contributed by atoms with Crippen LogP contribution in [0.3, 0.4) is 0 Å². The van der Waals surface area contributed by atoms with Crippen molar-refractivity contribution in [1.29, 1.82) is 0 Å². The van der Waals surface area contributed by atoms with Gasteiger partial charge in [0.2, 0.25) is 0 Å². The van der Waals surface area contributed by atoms with Gasteiger partial charge >= 0.3 is 16.2 Å². The lowest BCUT2D eigenvalue weighted by Crippen LogP contribution is -2.37. The summed E-state index contributed by atoms with van der Waals surface area (Å²) < 4.78 is 41.4. The Hall–Kier alpha value is -1.67. The van der Waals surface area contributed by atoms with Gasteiger partial charge in [0.05, 0.1) is 5.69 Å². The molecule has 0 heterocycles. The molecule has 2 N–H and O–H groups in total. The van der Waals surface area contributed by atoms with Gasteiger partial charge in [-0.25, -0.2) is 9.18 Å². The van der Waals surface area contributed by atoms with Crippen molar-refractivity contribution in [2.45, 2.75) is 26.7 Å². The van der Waals surface area contributed by atoms with Crippen molar-refractivity contribution in [1.82, 2.24) is 4.31 Å². The zero-order valence-electron chi connectivity index (χ0n) is 12.0. The monoisotopic (exact) mass is 318 g/mol. The number of nitrogens with zero attached hydrogens (tertiary/aromatic N) is 1. The molecule has 1 rings (SSSR count). The standard InChI is InChI=1S/C13H19FN2O4S/c1-3-8-16(9-4-2)21(19,20)15-11-7-5-6-10(14)12(11)13(17)18/h5-7,15H,3-4,8-9H2,1-2H3,(H,17,18). The van der Waals surface area contributed by atoms with Crippen molar-refractivity contribution in [2.24, 2.45) is 0 Å². The van der Waals surface area contributed by atoms with Crippen molar-refractivity contribution in [3.05, 3.63) is 29.6 Å². The predicted molar refractivity (Wildman–Crippen MR) is 78.1 cm³/mol. The summed E-state index contributed by atoms with van der Waals surface area (Å²) in [5, 5.41) is 9.00. The van der Waals surface area contributed by atoms with Gasteiger partial charge in [-0.3, -0.25) is 4.72 Å². The van der Waals surface area contributed by atoms with E-state index in [-0.39, 0.29) is 5.69 Å². The maximum atomic E-state index is 13.5. The molecular formula is C13H19FN2O4S. The molecule has 0 saturated heterocycles. The minimum atomic E-state index is -3.92. The van der Waals surface area contributed by atoms with E-state index in [2.05, 4.69) is 4.72 Å². The summed E-state index contributed by atoms with van der Waals surface area (Å²) in [5.74, 6) is -2.51. The van der Waals surface area contributed by atoms with Gasteiger partial charge < -0.3 is 5.11 Å². The van der Waals surface area contributed by atoms with Gasteiger partial charge in [-0.15, -0.1) is 0 Å². The minimum absolute atomic E-state index is 0.278. The van der Waals surface area contributed by atoms with Crippen molar-refractivity contribution in [3.8, 4) is 0 Å². The molecule has 0 spiro atoms. The Morgan fingerprint density at radius 1 is 1.29 bits per heavy atom. The summed E-state index contributed by atoms with van der Waals surface area (Å²) in [6.45, 7) is 4.29. The zero-order chi connectivity index (χ0) is 16.0. The van der Waals surface area contributed by atoms with Crippen molar-refractivity contribution >= 4 is 21.9 Å². The van der Waals surface area contributed by atoms with Crippen LogP contribution in [0.4, 0.5) is 10.1 Å². The summed E-state index contributed by atoms with van der Waals surface area (Å²) in [6, 6.07) is 3.45. The van der Waals surface area contributed by atoms with Crippen LogP contribution in [-0.2, 0) is 10.2 Å². The number of hydrogen-bond acceptors (Lipinski definition) is 3. The Kier molecular flexibility index (Phi) is 6.10. The Balaban J connectivity index is 3.14. The number of nitrogens with one attached hydrogen (secondary N) is 1. The van der Waals surface area contributed by atoms with Crippen molar-refractivity contribution in [2.75, 3.05) is 17.8 Å². The van der Waals surface area contributed by atoms with Crippen LogP contribution in [-0.4, -0.2) is 36.9 Å². The van der Waals surface area contributed by atoms with Crippen LogP contribution in [0.1, 0.15) is 37.0 Å². The van der Waals surface area contributed by atoms with Crippen LogP contribution < -0.4 is 4.72 Å². The fourth-order valence-electron chi connectivity index (χ4n) is 1.88. The first-order valence-electron chi connectivity index (χ1n) is 6.63. The Bertz CT molecular complexity index is 598. The number of benzene rings is 1. The fourth-order valence-corrected chi connectivity index (χ4v) is 3.30. The third-order valence-corrected chi connectivity index (χ3v) is 4.28. The zero-order valence-corrected chi connectivity index (χ0v) is 12.8. The Labute approximate surface area is 123 Å². The average Bonchev–Trinajstić information content (AvgIpc) is 2.37. The van der Waals surface area contributed by atoms with Gasteiger partial charge in [0, 0.05) is 13.1 Å². The van der Waals surface area contributed by atoms with E-state index in [9.17, 15) is 17.6 Å². The van der Waals surface area contributed by atoms with E-state index in [1.807, 2.05) is 13.8 Å². The smallest absolute Gasteiger partial charge is 0.340 e. The van der Waals surface area contributed by atoms with Gasteiger partial charge in [-0.05, 0) is 25.0 Å². The molecule has 6 nitrogen and oxygen atoms in total. The van der Waals surface area contributed by atoms with E-state index in [1.54, 1.807) is 0 Å². The molecule has 0 atom stereocenters. The number of rotatable bonds is 8. The number of aromatic carboxylic acids is 1. The number of carboxylic acids is 1. The highest BCUT2D eigenvalue weighted by Gasteiger charge is 2.24. The number of anilines is 1. The maximum absolute atomic E-state index is 13.5. The summed E-state index contributed by atoms with van der Waals surface area (Å²) >= 11 is 0. The van der Waals surface area contributed by atoms with E-state index in [0.29, 0.717) is 25.9 Å². The third-order valence-electron chi connectivity index (χ3n) is 2.75. The van der Waals surface area contributed by atoms with Crippen molar-refractivity contribution < 1.29 is 22.7 Å². The van der Waals surface area contributed by atoms with Crippen LogP contribution in [0.5, 0.6) is 0 Å². The molecule has 0 radical (unpaired) electrons. The lowest BCUT2D eigenvalue weighted by atomic mass is 10.2. The summed E-state index contributed by atoms with van der Waals surface area (Å²) in [7, 11) is -3.92. The molecule has 0 saturated carbocycles. The highest BCUT2D eigenvalue weighted by atomic mass is 32.2. The van der Waals surface area contributed by atoms with Gasteiger partial charge in [0.1, 0.15) is 11.4 Å². The molecule has 0 bridgehead atoms. The van der Waals surface area contributed by atoms with E-state index < -0.39 is 27.6 Å². The highest BCUT2D eigenvalue weighted by molar-refractivity contribution is 7.90. The number of carbonyl (C=O) groups is 1. The predicted octanol–water partition coefficient (Wildman–Crippen LogP) is 2.30. The van der Waals surface area contributed by atoms with Crippen LogP contribution in [0.15, 0.2) is 18.2 Å². The summed E-state index contributed by atoms with van der Waals surface area (Å²) in [4.78, 5) is 11.1. The molecule has 0 unspecified atom stereocenters. The van der Waals surface area contributed by atoms with Crippen LogP contribution in [0, 0.1) is 5.82 Å². The van der Waals surface area contributed by atoms with Gasteiger partial charge in [-0.1, -0.05) is 19.9 Å². The second kappa shape index (κ2) is 7.37. The second-order valence-corrected chi connectivity index (χ2v) is 6.14. The normalized spacial score (nSPS) is 11.6. The van der Waals surface area contributed by atoms with Crippen LogP contribution in [0.2, 0.25) is 0 Å². The molecule has 0 aliphatic heterocycles. The van der Waals surface area contributed by atoms with E-state index in [0.717, 1.165) is 6.07 Å². The van der Waals surface area contributed by atoms with Crippen LogP contribution >= 0.6 is 0 Å². The Morgan fingerprint density at radius 2 is 1.86 bits per heavy atom. The quantitative estimate of drug-likeness (QED) is 0.770. The van der Waals surface area contributed by atoms with Gasteiger partial charge in [0.15, 0.2) is 0 Å². The largest absolute Gasteiger partial charge is 0.478 e. The minimum Gasteiger partial charge on any atom is -0.478 e. The Morgan fingerprint density at radius 3 is 2.33 bits per heavy atom. The first kappa shape index (κ1) is 17.4. The molecule has 1 aromatic rings. The molecule has 0 amide bonds. The third kappa shape index (κ3) is 4.40. The average molecular weight is 318 g/mol. The molecule has 0 aliphatic rings. The van der Waals surface area contributed by atoms with E-state index >= 15 is 0 Å². The second-order valence-electron chi connectivity index (χ2n) is 4.47. The SMILES string of the molecule is CCCN(CCC)S(=O)(=O)Nc1cccc(F)c1C(=O)O. The summed E-state index contributed by atoms with van der Waals surface area (Å²) in [6.07, 6.45) is 1.24. The molecular weight excluding hydrogens is 299 g/mol. The molecule has 118 valence electrons. The molecule has 21 heavy (non-hydrogen) atoms. The molecule has 8 heteroatoms. The molecule has 0 aromatic heterocycles. The topological polar surface area (TPSA) is 86.7 Å². The lowest BCUT2D eigenvalue weighted by molar-refractivity contribution is 0.0693. The lowest BCUT2D eigenvalue weighted by Gasteiger charge is -2.22. The first-order chi connectivity index (χ1) is 9.83. The van der Waals surface area contributed by atoms with Gasteiger partial charge in [-0.2, -0.15) is 12.7 Å². The molecule has 1 aromatic carbocycles. The number of carboxylic acid groups (broad SMARTS) is 1.